The fourth-order valence-corrected chi connectivity index (χ4v) is 3.24. The van der Waals surface area contributed by atoms with Crippen LogP contribution < -0.4 is 5.32 Å². The number of halogens is 3. The van der Waals surface area contributed by atoms with Gasteiger partial charge in [-0.1, -0.05) is 0 Å². The molecule has 5 nitrogen and oxygen atoms in total. The van der Waals surface area contributed by atoms with Crippen LogP contribution in [0.3, 0.4) is 0 Å². The normalized spacial score (nSPS) is 16.3. The molecule has 26 heavy (non-hydrogen) atoms. The first-order chi connectivity index (χ1) is 12.2. The monoisotopic (exact) mass is 371 g/mol. The van der Waals surface area contributed by atoms with E-state index in [0.29, 0.717) is 24.2 Å². The summed E-state index contributed by atoms with van der Waals surface area (Å²) in [6.45, 7) is 2.97. The number of aryl methyl sites for hydroxylation is 1. The highest BCUT2D eigenvalue weighted by Crippen LogP contribution is 2.33. The molecule has 0 aliphatic carbocycles. The lowest BCUT2D eigenvalue weighted by molar-refractivity contribution is -0.141. The highest BCUT2D eigenvalue weighted by Gasteiger charge is 2.34. The summed E-state index contributed by atoms with van der Waals surface area (Å²) in [6.07, 6.45) is -0.522. The molecule has 1 aliphatic heterocycles. The molecular weight excluding hydrogens is 347 g/mol. The fourth-order valence-electron chi connectivity index (χ4n) is 3.24. The van der Waals surface area contributed by atoms with Gasteiger partial charge in [-0.2, -0.15) is 13.2 Å². The number of aromatic nitrogens is 1. The SMILES string of the molecule is CNC(=O)C[C@H](CC(=O)N1CCCCC1)c1cc(C(F)(F)F)ncc1C. The van der Waals surface area contributed by atoms with Gasteiger partial charge in [-0.15, -0.1) is 0 Å². The van der Waals surface area contributed by atoms with Gasteiger partial charge >= 0.3 is 6.18 Å². The molecule has 8 heteroatoms. The molecule has 0 aromatic carbocycles. The standard InChI is InChI=1S/C18H24F3N3O2/c1-12-11-23-15(18(19,20)21)10-14(12)13(8-16(25)22-2)9-17(26)24-6-4-3-5-7-24/h10-11,13H,3-9H2,1-2H3,(H,22,25)/t13-/m1/s1. The lowest BCUT2D eigenvalue weighted by atomic mass is 9.88. The maximum atomic E-state index is 13.0. The van der Waals surface area contributed by atoms with Gasteiger partial charge in [-0.3, -0.25) is 14.6 Å². The molecule has 0 radical (unpaired) electrons. The lowest BCUT2D eigenvalue weighted by Gasteiger charge is -2.29. The second kappa shape index (κ2) is 8.51. The largest absolute Gasteiger partial charge is 0.433 e. The van der Waals surface area contributed by atoms with E-state index in [2.05, 4.69) is 10.3 Å². The second-order valence-corrected chi connectivity index (χ2v) is 6.64. The van der Waals surface area contributed by atoms with Crippen molar-refractivity contribution in [2.24, 2.45) is 0 Å². The number of likely N-dealkylation sites (tertiary alicyclic amines) is 1. The van der Waals surface area contributed by atoms with Crippen LogP contribution in [0.5, 0.6) is 0 Å². The summed E-state index contributed by atoms with van der Waals surface area (Å²) in [4.78, 5) is 29.7. The van der Waals surface area contributed by atoms with Gasteiger partial charge in [0.25, 0.3) is 0 Å². The van der Waals surface area contributed by atoms with Crippen LogP contribution in [0.2, 0.25) is 0 Å². The third-order valence-corrected chi connectivity index (χ3v) is 4.72. The number of pyridine rings is 1. The Labute approximate surface area is 151 Å². The van der Waals surface area contributed by atoms with Crippen molar-refractivity contribution < 1.29 is 22.8 Å². The average Bonchev–Trinajstić information content (AvgIpc) is 2.61. The van der Waals surface area contributed by atoms with Crippen LogP contribution in [-0.2, 0) is 15.8 Å². The van der Waals surface area contributed by atoms with Crippen LogP contribution in [0.4, 0.5) is 13.2 Å². The Kier molecular flexibility index (Phi) is 6.61. The van der Waals surface area contributed by atoms with Gasteiger partial charge in [-0.25, -0.2) is 0 Å². The molecule has 0 unspecified atom stereocenters. The number of piperidine rings is 1. The molecule has 144 valence electrons. The molecule has 1 aromatic heterocycles. The Morgan fingerprint density at radius 3 is 2.46 bits per heavy atom. The van der Waals surface area contributed by atoms with Crippen LogP contribution in [0, 0.1) is 6.92 Å². The Balaban J connectivity index is 2.29. The van der Waals surface area contributed by atoms with Gasteiger partial charge in [0.1, 0.15) is 5.69 Å². The van der Waals surface area contributed by atoms with Crippen molar-refractivity contribution in [1.82, 2.24) is 15.2 Å². The number of carbonyl (C=O) groups excluding carboxylic acids is 2. The Bertz CT molecular complexity index is 656. The number of nitrogens with zero attached hydrogens (tertiary/aromatic N) is 2. The Morgan fingerprint density at radius 2 is 1.88 bits per heavy atom. The topological polar surface area (TPSA) is 62.3 Å². The summed E-state index contributed by atoms with van der Waals surface area (Å²) in [5.41, 5.74) is -0.120. The molecule has 0 bridgehead atoms. The van der Waals surface area contributed by atoms with Gasteiger partial charge in [0.15, 0.2) is 0 Å². The predicted octanol–water partition coefficient (Wildman–Crippen LogP) is 3.03. The first-order valence-electron chi connectivity index (χ1n) is 8.74. The number of hydrogen-bond acceptors (Lipinski definition) is 3. The number of nitrogens with one attached hydrogen (secondary N) is 1. The molecular formula is C18H24F3N3O2. The van der Waals surface area contributed by atoms with Gasteiger partial charge in [0, 0.05) is 45.1 Å². The number of alkyl halides is 3. The van der Waals surface area contributed by atoms with Crippen molar-refractivity contribution in [2.45, 2.75) is 51.1 Å². The average molecular weight is 371 g/mol. The summed E-state index contributed by atoms with van der Waals surface area (Å²) >= 11 is 0. The van der Waals surface area contributed by atoms with E-state index < -0.39 is 17.8 Å². The third kappa shape index (κ3) is 5.19. The van der Waals surface area contributed by atoms with E-state index >= 15 is 0 Å². The van der Waals surface area contributed by atoms with Gasteiger partial charge in [0.2, 0.25) is 11.8 Å². The minimum Gasteiger partial charge on any atom is -0.359 e. The van der Waals surface area contributed by atoms with Crippen LogP contribution in [0.1, 0.15) is 54.8 Å². The van der Waals surface area contributed by atoms with E-state index in [4.69, 9.17) is 0 Å². The van der Waals surface area contributed by atoms with Crippen molar-refractivity contribution in [3.05, 3.63) is 29.1 Å². The van der Waals surface area contributed by atoms with E-state index in [1.807, 2.05) is 0 Å². The summed E-state index contributed by atoms with van der Waals surface area (Å²) in [5, 5.41) is 2.48. The maximum Gasteiger partial charge on any atom is 0.433 e. The number of rotatable bonds is 5. The molecule has 2 rings (SSSR count). The number of amides is 2. The highest BCUT2D eigenvalue weighted by atomic mass is 19.4. The lowest BCUT2D eigenvalue weighted by Crippen LogP contribution is -2.36. The zero-order chi connectivity index (χ0) is 19.3. The van der Waals surface area contributed by atoms with Crippen molar-refractivity contribution >= 4 is 11.8 Å². The van der Waals surface area contributed by atoms with Crippen LogP contribution >= 0.6 is 0 Å². The van der Waals surface area contributed by atoms with E-state index in [1.54, 1.807) is 11.8 Å². The minimum absolute atomic E-state index is 0.00949. The first-order valence-corrected chi connectivity index (χ1v) is 8.74. The maximum absolute atomic E-state index is 13.0. The zero-order valence-corrected chi connectivity index (χ0v) is 15.0. The van der Waals surface area contributed by atoms with Crippen LogP contribution in [-0.4, -0.2) is 41.8 Å². The van der Waals surface area contributed by atoms with Gasteiger partial charge < -0.3 is 10.2 Å². The first kappa shape index (κ1) is 20.2. The molecule has 1 atom stereocenters. The van der Waals surface area contributed by atoms with E-state index in [0.717, 1.165) is 31.5 Å². The Hall–Kier alpha value is -2.12. The molecule has 2 heterocycles. The quantitative estimate of drug-likeness (QED) is 0.865. The molecule has 1 saturated heterocycles. The van der Waals surface area contributed by atoms with Crippen molar-refractivity contribution in [2.75, 3.05) is 20.1 Å². The highest BCUT2D eigenvalue weighted by molar-refractivity contribution is 5.80. The summed E-state index contributed by atoms with van der Waals surface area (Å²) in [6, 6.07) is 0.965. The van der Waals surface area contributed by atoms with E-state index in [1.165, 1.54) is 7.05 Å². The summed E-state index contributed by atoms with van der Waals surface area (Å²) < 4.78 is 39.1. The number of carbonyl (C=O) groups is 2. The smallest absolute Gasteiger partial charge is 0.359 e. The van der Waals surface area contributed by atoms with Gasteiger partial charge in [-0.05, 0) is 43.4 Å². The number of hydrogen-bond donors (Lipinski definition) is 1. The molecule has 1 N–H and O–H groups in total. The zero-order valence-electron chi connectivity index (χ0n) is 15.0. The molecule has 1 aliphatic rings. The summed E-state index contributed by atoms with van der Waals surface area (Å²) in [7, 11) is 1.46. The third-order valence-electron chi connectivity index (χ3n) is 4.72. The van der Waals surface area contributed by atoms with Crippen LogP contribution in [0.25, 0.3) is 0 Å². The Morgan fingerprint density at radius 1 is 1.23 bits per heavy atom. The van der Waals surface area contributed by atoms with Crippen molar-refractivity contribution in [3.63, 3.8) is 0 Å². The predicted molar refractivity (Wildman–Crippen MR) is 90.4 cm³/mol. The minimum atomic E-state index is -4.57. The van der Waals surface area contributed by atoms with Crippen molar-refractivity contribution in [1.29, 1.82) is 0 Å². The van der Waals surface area contributed by atoms with E-state index in [-0.39, 0.29) is 24.7 Å². The molecule has 0 spiro atoms. The molecule has 1 fully saturated rings. The fraction of sp³-hybridized carbons (Fsp3) is 0.611. The van der Waals surface area contributed by atoms with Gasteiger partial charge in [0.05, 0.1) is 0 Å². The van der Waals surface area contributed by atoms with Crippen LogP contribution in [0.15, 0.2) is 12.3 Å². The van der Waals surface area contributed by atoms with E-state index in [9.17, 15) is 22.8 Å². The molecule has 2 amide bonds. The van der Waals surface area contributed by atoms with Crippen molar-refractivity contribution in [3.8, 4) is 0 Å². The molecule has 0 saturated carbocycles. The second-order valence-electron chi connectivity index (χ2n) is 6.64. The molecule has 1 aromatic rings. The summed E-state index contributed by atoms with van der Waals surface area (Å²) in [5.74, 6) is -1.05.